The molecule has 0 aliphatic heterocycles. The van der Waals surface area contributed by atoms with Gasteiger partial charge in [-0.15, -0.1) is 11.3 Å². The van der Waals surface area contributed by atoms with Crippen LogP contribution in [0.15, 0.2) is 285 Å². The molecule has 73 heavy (non-hydrogen) atoms. The Morgan fingerprint density at radius 2 is 0.795 bits per heavy atom. The topological polar surface area (TPSA) is 3.24 Å². The summed E-state index contributed by atoms with van der Waals surface area (Å²) in [6, 6.07) is 105. The van der Waals surface area contributed by atoms with Gasteiger partial charge in [0.25, 0.3) is 0 Å². The van der Waals surface area contributed by atoms with E-state index in [1.807, 2.05) is 11.3 Å². The van der Waals surface area contributed by atoms with Gasteiger partial charge in [0, 0.05) is 37.1 Å². The first kappa shape index (κ1) is 42.8. The number of hydrogen-bond acceptors (Lipinski definition) is 2. The Morgan fingerprint density at radius 3 is 1.55 bits per heavy atom. The quantitative estimate of drug-likeness (QED) is 0.139. The monoisotopic (exact) mass is 945 g/mol. The smallest absolute Gasteiger partial charge is 0.0713 e. The van der Waals surface area contributed by atoms with E-state index in [0.29, 0.717) is 0 Å². The number of hydrogen-bond donors (Lipinski definition) is 0. The standard InChI is InChI=1S/C71H47NS/c1-3-22-54(23-4-1)71(55-24-5-2-6-25-55)66-33-12-9-27-61(66)62-45-40-52(47-67(62)71)49-38-43-57(44-39-49)72(68-34-13-10-28-63(68)60-31-16-19-50-18-7-8-26-58(50)60)56-41-36-48(37-42-56)51-20-15-21-53(46-51)59-30-17-32-65-64-29-11-14-35-69(64)73-70(59)65/h1-47H. The lowest BCUT2D eigenvalue weighted by molar-refractivity contribution is 0.769. The second-order valence-corrected chi connectivity index (χ2v) is 20.2. The van der Waals surface area contributed by atoms with E-state index in [2.05, 4.69) is 290 Å². The van der Waals surface area contributed by atoms with E-state index in [1.54, 1.807) is 0 Å². The number of para-hydroxylation sites is 1. The summed E-state index contributed by atoms with van der Waals surface area (Å²) in [6.45, 7) is 0. The van der Waals surface area contributed by atoms with Crippen LogP contribution in [0.1, 0.15) is 22.3 Å². The zero-order valence-corrected chi connectivity index (χ0v) is 40.8. The summed E-state index contributed by atoms with van der Waals surface area (Å²) >= 11 is 1.88. The lowest BCUT2D eigenvalue weighted by Gasteiger charge is -2.34. The van der Waals surface area contributed by atoms with E-state index < -0.39 is 5.41 Å². The minimum Gasteiger partial charge on any atom is -0.310 e. The number of rotatable bonds is 9. The molecule has 13 aromatic rings. The summed E-state index contributed by atoms with van der Waals surface area (Å²) in [4.78, 5) is 2.43. The molecule has 1 aromatic heterocycles. The van der Waals surface area contributed by atoms with Crippen molar-refractivity contribution in [1.29, 1.82) is 0 Å². The van der Waals surface area contributed by atoms with Gasteiger partial charge in [-0.2, -0.15) is 0 Å². The van der Waals surface area contributed by atoms with Crippen LogP contribution >= 0.6 is 11.3 Å². The van der Waals surface area contributed by atoms with Crippen LogP contribution in [-0.2, 0) is 5.41 Å². The van der Waals surface area contributed by atoms with Crippen molar-refractivity contribution in [2.45, 2.75) is 5.41 Å². The Morgan fingerprint density at radius 1 is 0.288 bits per heavy atom. The lowest BCUT2D eigenvalue weighted by atomic mass is 9.67. The molecule has 2 heteroatoms. The molecule has 1 heterocycles. The Balaban J connectivity index is 0.880. The van der Waals surface area contributed by atoms with Gasteiger partial charge in [0.15, 0.2) is 0 Å². The highest BCUT2D eigenvalue weighted by atomic mass is 32.1. The van der Waals surface area contributed by atoms with Crippen LogP contribution in [0.5, 0.6) is 0 Å². The molecule has 1 aliphatic carbocycles. The minimum atomic E-state index is -0.465. The fraction of sp³-hybridized carbons (Fsp3) is 0.0141. The third-order valence-electron chi connectivity index (χ3n) is 15.2. The molecule has 0 spiro atoms. The van der Waals surface area contributed by atoms with Crippen LogP contribution in [0, 0.1) is 0 Å². The van der Waals surface area contributed by atoms with Crippen molar-refractivity contribution in [3.63, 3.8) is 0 Å². The van der Waals surface area contributed by atoms with Crippen LogP contribution < -0.4 is 4.90 Å². The molecule has 14 rings (SSSR count). The van der Waals surface area contributed by atoms with E-state index >= 15 is 0 Å². The van der Waals surface area contributed by atoms with Crippen molar-refractivity contribution < 1.29 is 0 Å². The maximum absolute atomic E-state index is 2.45. The highest BCUT2D eigenvalue weighted by Crippen LogP contribution is 2.57. The minimum absolute atomic E-state index is 0.465. The maximum atomic E-state index is 2.45. The van der Waals surface area contributed by atoms with E-state index in [1.165, 1.54) is 109 Å². The number of anilines is 3. The van der Waals surface area contributed by atoms with Crippen molar-refractivity contribution in [3.05, 3.63) is 307 Å². The molecule has 12 aromatic carbocycles. The summed E-state index contributed by atoms with van der Waals surface area (Å²) in [5, 5.41) is 5.09. The lowest BCUT2D eigenvalue weighted by Crippen LogP contribution is -2.28. The SMILES string of the molecule is c1ccc(C2(c3ccccc3)c3ccccc3-c3ccc(-c4ccc(N(c5ccc(-c6cccc(-c7cccc8c7sc7ccccc78)c6)cc5)c5ccccc5-c5cccc6ccccc56)cc4)cc32)cc1. The van der Waals surface area contributed by atoms with Gasteiger partial charge < -0.3 is 4.90 Å². The third-order valence-corrected chi connectivity index (χ3v) is 16.4. The van der Waals surface area contributed by atoms with E-state index in [9.17, 15) is 0 Å². The average Bonchev–Trinajstić information content (AvgIpc) is 4.02. The van der Waals surface area contributed by atoms with Crippen molar-refractivity contribution in [1.82, 2.24) is 0 Å². The van der Waals surface area contributed by atoms with Crippen molar-refractivity contribution in [3.8, 4) is 55.6 Å². The molecule has 0 bridgehead atoms. The predicted octanol–water partition coefficient (Wildman–Crippen LogP) is 19.7. The van der Waals surface area contributed by atoms with Crippen LogP contribution in [0.3, 0.4) is 0 Å². The van der Waals surface area contributed by atoms with Gasteiger partial charge in [0.1, 0.15) is 0 Å². The van der Waals surface area contributed by atoms with Crippen LogP contribution in [-0.4, -0.2) is 0 Å². The van der Waals surface area contributed by atoms with E-state index in [4.69, 9.17) is 0 Å². The summed E-state index contributed by atoms with van der Waals surface area (Å²) in [6.07, 6.45) is 0. The predicted molar refractivity (Wildman–Crippen MR) is 311 cm³/mol. The third kappa shape index (κ3) is 7.06. The molecule has 1 aliphatic rings. The van der Waals surface area contributed by atoms with Crippen molar-refractivity contribution in [2.75, 3.05) is 4.90 Å². The number of fused-ring (bicyclic) bond motifs is 7. The van der Waals surface area contributed by atoms with Gasteiger partial charge in [-0.05, 0) is 132 Å². The molecule has 0 saturated carbocycles. The van der Waals surface area contributed by atoms with Crippen LogP contribution in [0.2, 0.25) is 0 Å². The summed E-state index contributed by atoms with van der Waals surface area (Å²) < 4.78 is 2.65. The molecule has 0 unspecified atom stereocenters. The average molecular weight is 946 g/mol. The second kappa shape index (κ2) is 17.6. The molecular formula is C71H47NS. The Kier molecular flexibility index (Phi) is 10.3. The summed E-state index contributed by atoms with van der Waals surface area (Å²) in [5.74, 6) is 0. The fourth-order valence-corrected chi connectivity index (χ4v) is 13.1. The van der Waals surface area contributed by atoms with Gasteiger partial charge in [-0.1, -0.05) is 237 Å². The first-order chi connectivity index (χ1) is 36.2. The molecule has 1 nitrogen and oxygen atoms in total. The van der Waals surface area contributed by atoms with Gasteiger partial charge in [0.05, 0.1) is 11.1 Å². The van der Waals surface area contributed by atoms with Crippen molar-refractivity contribution >= 4 is 59.3 Å². The first-order valence-corrected chi connectivity index (χ1v) is 26.0. The van der Waals surface area contributed by atoms with Gasteiger partial charge in [0.2, 0.25) is 0 Å². The van der Waals surface area contributed by atoms with Gasteiger partial charge >= 0.3 is 0 Å². The Labute approximate surface area is 430 Å². The summed E-state index contributed by atoms with van der Waals surface area (Å²) in [7, 11) is 0. The molecule has 342 valence electrons. The van der Waals surface area contributed by atoms with Crippen molar-refractivity contribution in [2.24, 2.45) is 0 Å². The Bertz CT molecular complexity index is 4140. The van der Waals surface area contributed by atoms with Crippen LogP contribution in [0.4, 0.5) is 17.1 Å². The van der Waals surface area contributed by atoms with Gasteiger partial charge in [-0.25, -0.2) is 0 Å². The molecule has 0 atom stereocenters. The molecule has 0 saturated heterocycles. The maximum Gasteiger partial charge on any atom is 0.0713 e. The summed E-state index contributed by atoms with van der Waals surface area (Å²) in [5.41, 5.74) is 20.1. The molecule has 0 radical (unpaired) electrons. The largest absolute Gasteiger partial charge is 0.310 e. The van der Waals surface area contributed by atoms with Crippen LogP contribution in [0.25, 0.3) is 86.6 Å². The zero-order valence-electron chi connectivity index (χ0n) is 40.0. The first-order valence-electron chi connectivity index (χ1n) is 25.2. The van der Waals surface area contributed by atoms with E-state index in [0.717, 1.165) is 17.1 Å². The fourth-order valence-electron chi connectivity index (χ4n) is 11.9. The zero-order chi connectivity index (χ0) is 48.3. The highest BCUT2D eigenvalue weighted by molar-refractivity contribution is 7.26. The molecular weight excluding hydrogens is 899 g/mol. The number of nitrogens with zero attached hydrogens (tertiary/aromatic N) is 1. The highest BCUT2D eigenvalue weighted by Gasteiger charge is 2.46. The normalized spacial score (nSPS) is 12.5. The number of benzene rings is 12. The number of thiophene rings is 1. The Hall–Kier alpha value is -9.08. The second-order valence-electron chi connectivity index (χ2n) is 19.1. The molecule has 0 fully saturated rings. The molecule has 0 amide bonds. The van der Waals surface area contributed by atoms with Gasteiger partial charge in [-0.3, -0.25) is 0 Å². The van der Waals surface area contributed by atoms with E-state index in [-0.39, 0.29) is 0 Å². The molecule has 0 N–H and O–H groups in total.